The van der Waals surface area contributed by atoms with Crippen LogP contribution in [-0.4, -0.2) is 49.5 Å². The molecule has 20 heavy (non-hydrogen) atoms. The van der Waals surface area contributed by atoms with Gasteiger partial charge in [-0.3, -0.25) is 4.90 Å². The van der Waals surface area contributed by atoms with Crippen molar-refractivity contribution in [1.29, 1.82) is 0 Å². The van der Waals surface area contributed by atoms with Crippen molar-refractivity contribution >= 4 is 0 Å². The number of fused-ring (bicyclic) bond motifs is 2. The van der Waals surface area contributed by atoms with Gasteiger partial charge in [0.25, 0.3) is 0 Å². The van der Waals surface area contributed by atoms with Crippen LogP contribution in [0.1, 0.15) is 29.7 Å². The van der Waals surface area contributed by atoms with Gasteiger partial charge in [-0.1, -0.05) is 6.07 Å². The van der Waals surface area contributed by atoms with Gasteiger partial charge in [0.05, 0.1) is 25.9 Å². The molecule has 1 aromatic rings. The lowest BCUT2D eigenvalue weighted by Gasteiger charge is -2.43. The number of morpholine rings is 1. The lowest BCUT2D eigenvalue weighted by atomic mass is 9.81. The second-order valence-corrected chi connectivity index (χ2v) is 5.86. The SMILES string of the molecule is COc1ccc(C(C)O)c2c1C[C@H]1[C@H](C2)OCCN1C. The standard InChI is InChI=1S/C16H23NO3/c1-10(18)11-4-5-15(19-3)13-8-14-16(9-12(11)13)20-7-6-17(14)2/h4-5,10,14,16,18H,6-9H2,1-3H3/t10?,14-,16-/m0/s1. The summed E-state index contributed by atoms with van der Waals surface area (Å²) in [6, 6.07) is 4.37. The Morgan fingerprint density at radius 3 is 2.85 bits per heavy atom. The predicted molar refractivity (Wildman–Crippen MR) is 77.2 cm³/mol. The van der Waals surface area contributed by atoms with Crippen molar-refractivity contribution < 1.29 is 14.6 Å². The summed E-state index contributed by atoms with van der Waals surface area (Å²) < 4.78 is 11.5. The Morgan fingerprint density at radius 1 is 1.35 bits per heavy atom. The minimum Gasteiger partial charge on any atom is -0.496 e. The first-order valence-electron chi connectivity index (χ1n) is 7.30. The number of likely N-dealkylation sites (N-methyl/N-ethyl adjacent to an activating group) is 1. The van der Waals surface area contributed by atoms with E-state index < -0.39 is 6.10 Å². The van der Waals surface area contributed by atoms with Gasteiger partial charge in [-0.15, -0.1) is 0 Å². The van der Waals surface area contributed by atoms with E-state index in [0.29, 0.717) is 6.04 Å². The summed E-state index contributed by atoms with van der Waals surface area (Å²) in [5.74, 6) is 0.932. The summed E-state index contributed by atoms with van der Waals surface area (Å²) in [7, 11) is 3.88. The number of rotatable bonds is 2. The van der Waals surface area contributed by atoms with Crippen molar-refractivity contribution in [2.24, 2.45) is 0 Å². The van der Waals surface area contributed by atoms with Crippen molar-refractivity contribution in [3.05, 3.63) is 28.8 Å². The highest BCUT2D eigenvalue weighted by atomic mass is 16.5. The maximum atomic E-state index is 10.00. The highest BCUT2D eigenvalue weighted by Gasteiger charge is 2.37. The first-order chi connectivity index (χ1) is 9.61. The molecule has 1 N–H and O–H groups in total. The number of methoxy groups -OCH3 is 1. The fourth-order valence-corrected chi connectivity index (χ4v) is 3.54. The normalized spacial score (nSPS) is 27.6. The third kappa shape index (κ3) is 2.22. The Hall–Kier alpha value is -1.10. The van der Waals surface area contributed by atoms with Crippen molar-refractivity contribution in [3.63, 3.8) is 0 Å². The van der Waals surface area contributed by atoms with E-state index in [1.54, 1.807) is 7.11 Å². The monoisotopic (exact) mass is 277 g/mol. The highest BCUT2D eigenvalue weighted by Crippen LogP contribution is 2.37. The summed E-state index contributed by atoms with van der Waals surface area (Å²) in [4.78, 5) is 2.38. The average Bonchev–Trinajstić information content (AvgIpc) is 2.44. The van der Waals surface area contributed by atoms with E-state index >= 15 is 0 Å². The van der Waals surface area contributed by atoms with Crippen molar-refractivity contribution in [2.45, 2.75) is 38.0 Å². The van der Waals surface area contributed by atoms with Crippen LogP contribution >= 0.6 is 0 Å². The molecular weight excluding hydrogens is 254 g/mol. The quantitative estimate of drug-likeness (QED) is 0.890. The first kappa shape index (κ1) is 13.9. The molecule has 0 radical (unpaired) electrons. The first-order valence-corrected chi connectivity index (χ1v) is 7.30. The topological polar surface area (TPSA) is 41.9 Å². The van der Waals surface area contributed by atoms with E-state index in [9.17, 15) is 5.11 Å². The fourth-order valence-electron chi connectivity index (χ4n) is 3.54. The Bertz CT molecular complexity index is 501. The number of hydrogen-bond donors (Lipinski definition) is 1. The molecule has 0 bridgehead atoms. The van der Waals surface area contributed by atoms with Crippen LogP contribution in [0.3, 0.4) is 0 Å². The third-order valence-electron chi connectivity index (χ3n) is 4.68. The number of nitrogens with zero attached hydrogens (tertiary/aromatic N) is 1. The minimum absolute atomic E-state index is 0.228. The van der Waals surface area contributed by atoms with Crippen LogP contribution in [-0.2, 0) is 17.6 Å². The van der Waals surface area contributed by atoms with Crippen LogP contribution in [0.2, 0.25) is 0 Å². The highest BCUT2D eigenvalue weighted by molar-refractivity contribution is 5.48. The van der Waals surface area contributed by atoms with Crippen molar-refractivity contribution in [2.75, 3.05) is 27.3 Å². The summed E-state index contributed by atoms with van der Waals surface area (Å²) in [5.41, 5.74) is 3.47. The molecule has 3 atom stereocenters. The lowest BCUT2D eigenvalue weighted by molar-refractivity contribution is -0.0648. The Morgan fingerprint density at radius 2 is 2.15 bits per heavy atom. The molecule has 1 saturated heterocycles. The maximum absolute atomic E-state index is 10.00. The van der Waals surface area contributed by atoms with E-state index in [1.807, 2.05) is 19.1 Å². The summed E-state index contributed by atoms with van der Waals surface area (Å²) in [5, 5.41) is 10.00. The van der Waals surface area contributed by atoms with Gasteiger partial charge in [-0.2, -0.15) is 0 Å². The van der Waals surface area contributed by atoms with Gasteiger partial charge in [-0.05, 0) is 43.1 Å². The number of aliphatic hydroxyl groups excluding tert-OH is 1. The number of benzene rings is 1. The smallest absolute Gasteiger partial charge is 0.122 e. The van der Waals surface area contributed by atoms with E-state index in [-0.39, 0.29) is 6.10 Å². The molecule has 1 fully saturated rings. The van der Waals surface area contributed by atoms with Gasteiger partial charge in [0, 0.05) is 19.0 Å². The van der Waals surface area contributed by atoms with Crippen LogP contribution in [0, 0.1) is 0 Å². The van der Waals surface area contributed by atoms with Gasteiger partial charge >= 0.3 is 0 Å². The lowest BCUT2D eigenvalue weighted by Crippen LogP contribution is -2.53. The molecule has 110 valence electrons. The largest absolute Gasteiger partial charge is 0.496 e. The zero-order valence-corrected chi connectivity index (χ0v) is 12.4. The van der Waals surface area contributed by atoms with Gasteiger partial charge in [0.1, 0.15) is 5.75 Å². The van der Waals surface area contributed by atoms with Crippen LogP contribution < -0.4 is 4.74 Å². The molecule has 1 heterocycles. The molecule has 2 aliphatic rings. The summed E-state index contributed by atoms with van der Waals surface area (Å²) in [6.45, 7) is 3.60. The van der Waals surface area contributed by atoms with Gasteiger partial charge in [-0.25, -0.2) is 0 Å². The Kier molecular flexibility index (Phi) is 3.71. The molecule has 4 nitrogen and oxygen atoms in total. The number of aliphatic hydroxyl groups is 1. The van der Waals surface area contributed by atoms with Crippen LogP contribution in [0.25, 0.3) is 0 Å². The summed E-state index contributed by atoms with van der Waals surface area (Å²) >= 11 is 0. The molecule has 0 aromatic heterocycles. The predicted octanol–water partition coefficient (Wildman–Crippen LogP) is 1.55. The minimum atomic E-state index is -0.451. The van der Waals surface area contributed by atoms with Crippen molar-refractivity contribution in [1.82, 2.24) is 4.90 Å². The van der Waals surface area contributed by atoms with Gasteiger partial charge < -0.3 is 14.6 Å². The molecule has 0 amide bonds. The fraction of sp³-hybridized carbons (Fsp3) is 0.625. The number of ether oxygens (including phenoxy) is 2. The molecule has 1 unspecified atom stereocenters. The van der Waals surface area contributed by atoms with Crippen LogP contribution in [0.15, 0.2) is 12.1 Å². The third-order valence-corrected chi connectivity index (χ3v) is 4.68. The summed E-state index contributed by atoms with van der Waals surface area (Å²) in [6.07, 6.45) is 1.57. The average molecular weight is 277 g/mol. The second kappa shape index (κ2) is 5.35. The zero-order chi connectivity index (χ0) is 14.3. The molecule has 1 aliphatic carbocycles. The number of hydrogen-bond acceptors (Lipinski definition) is 4. The Labute approximate surface area is 120 Å². The molecular formula is C16H23NO3. The van der Waals surface area contributed by atoms with E-state index in [1.165, 1.54) is 11.1 Å². The zero-order valence-electron chi connectivity index (χ0n) is 12.4. The molecule has 0 saturated carbocycles. The second-order valence-electron chi connectivity index (χ2n) is 5.86. The molecule has 1 aliphatic heterocycles. The molecule has 0 spiro atoms. The van der Waals surface area contributed by atoms with E-state index in [2.05, 4.69) is 11.9 Å². The van der Waals surface area contributed by atoms with Gasteiger partial charge in [0.2, 0.25) is 0 Å². The van der Waals surface area contributed by atoms with Crippen molar-refractivity contribution in [3.8, 4) is 5.75 Å². The van der Waals surface area contributed by atoms with E-state index in [4.69, 9.17) is 9.47 Å². The van der Waals surface area contributed by atoms with Crippen LogP contribution in [0.5, 0.6) is 5.75 Å². The molecule has 4 heteroatoms. The van der Waals surface area contributed by atoms with Gasteiger partial charge in [0.15, 0.2) is 0 Å². The Balaban J connectivity index is 2.04. The van der Waals surface area contributed by atoms with E-state index in [0.717, 1.165) is 37.3 Å². The maximum Gasteiger partial charge on any atom is 0.122 e. The molecule has 1 aromatic carbocycles. The van der Waals surface area contributed by atoms with Crippen LogP contribution in [0.4, 0.5) is 0 Å². The molecule has 3 rings (SSSR count).